The van der Waals surface area contributed by atoms with Crippen molar-refractivity contribution in [1.29, 1.82) is 0 Å². The lowest BCUT2D eigenvalue weighted by atomic mass is 9.83. The van der Waals surface area contributed by atoms with Crippen LogP contribution < -0.4 is 0 Å². The molecule has 5 nitrogen and oxygen atoms in total. The maximum Gasteiger partial charge on any atom is 0.208 e. The van der Waals surface area contributed by atoms with E-state index in [-0.39, 0.29) is 5.56 Å². The molecule has 0 saturated heterocycles. The summed E-state index contributed by atoms with van der Waals surface area (Å²) in [6.07, 6.45) is 0. The van der Waals surface area contributed by atoms with Crippen LogP contribution in [0.15, 0.2) is 164 Å². The minimum atomic E-state index is -0.999. The first-order valence-corrected chi connectivity index (χ1v) is 18.1. The predicted octanol–water partition coefficient (Wildman–Crippen LogP) is 12.6. The van der Waals surface area contributed by atoms with Gasteiger partial charge in [-0.25, -0.2) is 0 Å². The summed E-state index contributed by atoms with van der Waals surface area (Å²) in [5.74, 6) is -4.32. The first kappa shape index (κ1) is 32.2. The van der Waals surface area contributed by atoms with Crippen LogP contribution >= 0.6 is 0 Å². The second-order valence-corrected chi connectivity index (χ2v) is 14.0. The molecule has 0 amide bonds. The molecule has 0 heterocycles. The van der Waals surface area contributed by atoms with Crippen molar-refractivity contribution in [3.63, 3.8) is 0 Å². The van der Waals surface area contributed by atoms with Crippen molar-refractivity contribution in [3.05, 3.63) is 164 Å². The smallest absolute Gasteiger partial charge is 0.208 e. The van der Waals surface area contributed by atoms with Crippen LogP contribution in [0.1, 0.15) is 0 Å². The predicted molar refractivity (Wildman–Crippen MR) is 224 cm³/mol. The van der Waals surface area contributed by atoms with Crippen LogP contribution in [0.25, 0.3) is 98.4 Å². The van der Waals surface area contributed by atoms with Gasteiger partial charge < -0.3 is 25.5 Å². The summed E-state index contributed by atoms with van der Waals surface area (Å²) in [4.78, 5) is 0. The molecule has 0 unspecified atom stereocenters. The lowest BCUT2D eigenvalue weighted by Crippen LogP contribution is -1.93. The molecule has 0 bridgehead atoms. The van der Waals surface area contributed by atoms with E-state index in [0.29, 0.717) is 16.3 Å². The molecule has 0 aliphatic carbocycles. The highest BCUT2D eigenvalue weighted by Gasteiger charge is 2.28. The fourth-order valence-electron chi connectivity index (χ4n) is 8.41. The number of fused-ring (bicyclic) bond motifs is 7. The second kappa shape index (κ2) is 12.3. The Kier molecular flexibility index (Phi) is 7.19. The lowest BCUT2D eigenvalue weighted by Gasteiger charge is -2.21. The zero-order valence-corrected chi connectivity index (χ0v) is 29.3. The minimum absolute atomic E-state index is 0.184. The normalized spacial score (nSPS) is 11.6. The molecule has 0 atom stereocenters. The van der Waals surface area contributed by atoms with E-state index < -0.39 is 28.7 Å². The number of hydrogen-bond acceptors (Lipinski definition) is 5. The van der Waals surface area contributed by atoms with Crippen molar-refractivity contribution in [1.82, 2.24) is 0 Å². The molecule has 0 spiro atoms. The summed E-state index contributed by atoms with van der Waals surface area (Å²) in [7, 11) is 0. The van der Waals surface area contributed by atoms with Gasteiger partial charge in [0, 0.05) is 5.56 Å². The van der Waals surface area contributed by atoms with Crippen LogP contribution in [0, 0.1) is 0 Å². The lowest BCUT2D eigenvalue weighted by molar-refractivity contribution is 0.330. The Morgan fingerprint density at radius 2 is 0.727 bits per heavy atom. The third kappa shape index (κ3) is 4.87. The Bertz CT molecular complexity index is 3160. The molecule has 0 aliphatic rings. The molecule has 0 fully saturated rings. The van der Waals surface area contributed by atoms with Crippen molar-refractivity contribution in [3.8, 4) is 73.3 Å². The molecule has 10 rings (SSSR count). The molecule has 0 aliphatic heterocycles. The third-order valence-corrected chi connectivity index (χ3v) is 11.0. The standard InChI is InChI=1S/C50H32O5/c51-46-45(47(52)49(54)50(55)48(46)53)44-38-17-9-8-16-37(38)43(39-25-23-32(26-42(39)44)28-10-2-1-3-11-28)31-20-18-30(19-21-31)40-27-41-33-13-5-4-12-29(33)22-24-36(41)34-14-6-7-15-35(34)40/h1-27,51-55H. The number of phenols is 5. The average molecular weight is 713 g/mol. The minimum Gasteiger partial charge on any atom is -0.504 e. The molecule has 0 aromatic heterocycles. The van der Waals surface area contributed by atoms with E-state index in [9.17, 15) is 25.5 Å². The van der Waals surface area contributed by atoms with Gasteiger partial charge in [0.25, 0.3) is 0 Å². The third-order valence-electron chi connectivity index (χ3n) is 11.0. The average Bonchev–Trinajstić information content (AvgIpc) is 3.24. The summed E-state index contributed by atoms with van der Waals surface area (Å²) in [6.45, 7) is 0. The van der Waals surface area contributed by atoms with Crippen molar-refractivity contribution in [2.75, 3.05) is 0 Å². The molecule has 262 valence electrons. The van der Waals surface area contributed by atoms with Gasteiger partial charge in [0.05, 0.1) is 5.56 Å². The Balaban J connectivity index is 1.24. The summed E-state index contributed by atoms with van der Waals surface area (Å²) in [6, 6.07) is 56.0. The first-order valence-electron chi connectivity index (χ1n) is 18.1. The van der Waals surface area contributed by atoms with Gasteiger partial charge in [0.1, 0.15) is 0 Å². The van der Waals surface area contributed by atoms with Crippen LogP contribution in [0.5, 0.6) is 28.7 Å². The van der Waals surface area contributed by atoms with Crippen LogP contribution in [-0.2, 0) is 0 Å². The summed E-state index contributed by atoms with van der Waals surface area (Å²) in [5, 5.41) is 64.4. The van der Waals surface area contributed by atoms with E-state index in [1.165, 1.54) is 32.3 Å². The van der Waals surface area contributed by atoms with Gasteiger partial charge in [0.15, 0.2) is 11.5 Å². The monoisotopic (exact) mass is 712 g/mol. The Hall–Kier alpha value is -7.50. The van der Waals surface area contributed by atoms with Crippen molar-refractivity contribution in [2.24, 2.45) is 0 Å². The van der Waals surface area contributed by atoms with E-state index in [1.54, 1.807) is 0 Å². The molecular formula is C50H32O5. The van der Waals surface area contributed by atoms with E-state index in [1.807, 2.05) is 72.8 Å². The summed E-state index contributed by atoms with van der Waals surface area (Å²) in [5.41, 5.74) is 6.21. The number of aromatic hydroxyl groups is 5. The Morgan fingerprint density at radius 1 is 0.236 bits per heavy atom. The number of rotatable bonds is 4. The van der Waals surface area contributed by atoms with Gasteiger partial charge in [-0.15, -0.1) is 0 Å². The fraction of sp³-hybridized carbons (Fsp3) is 0. The summed E-state index contributed by atoms with van der Waals surface area (Å²) < 4.78 is 0. The maximum absolute atomic E-state index is 11.3. The Labute approximate surface area is 315 Å². The van der Waals surface area contributed by atoms with Crippen molar-refractivity contribution in [2.45, 2.75) is 0 Å². The van der Waals surface area contributed by atoms with Gasteiger partial charge in [-0.05, 0) is 99.4 Å². The van der Waals surface area contributed by atoms with Gasteiger partial charge in [0.2, 0.25) is 17.2 Å². The van der Waals surface area contributed by atoms with Crippen molar-refractivity contribution < 1.29 is 25.5 Å². The quantitative estimate of drug-likeness (QED) is 0.0541. The molecule has 55 heavy (non-hydrogen) atoms. The molecule has 10 aromatic carbocycles. The van der Waals surface area contributed by atoms with Crippen LogP contribution in [0.2, 0.25) is 0 Å². The highest BCUT2D eigenvalue weighted by Crippen LogP contribution is 2.58. The molecule has 5 heteroatoms. The van der Waals surface area contributed by atoms with Crippen LogP contribution in [0.4, 0.5) is 0 Å². The van der Waals surface area contributed by atoms with Crippen LogP contribution in [0.3, 0.4) is 0 Å². The molecule has 0 radical (unpaired) electrons. The van der Waals surface area contributed by atoms with Gasteiger partial charge in [-0.1, -0.05) is 152 Å². The maximum atomic E-state index is 11.3. The van der Waals surface area contributed by atoms with E-state index in [2.05, 4.69) is 91.0 Å². The largest absolute Gasteiger partial charge is 0.504 e. The summed E-state index contributed by atoms with van der Waals surface area (Å²) >= 11 is 0. The van der Waals surface area contributed by atoms with Gasteiger partial charge in [-0.2, -0.15) is 0 Å². The molecule has 5 N–H and O–H groups in total. The number of hydrogen-bond donors (Lipinski definition) is 5. The van der Waals surface area contributed by atoms with E-state index >= 15 is 0 Å². The zero-order chi connectivity index (χ0) is 37.4. The highest BCUT2D eigenvalue weighted by molar-refractivity contribution is 6.24. The molecule has 0 saturated carbocycles. The molecule has 10 aromatic rings. The number of benzene rings is 10. The van der Waals surface area contributed by atoms with Gasteiger partial charge in [-0.3, -0.25) is 0 Å². The van der Waals surface area contributed by atoms with E-state index in [4.69, 9.17) is 0 Å². The van der Waals surface area contributed by atoms with Gasteiger partial charge >= 0.3 is 0 Å². The van der Waals surface area contributed by atoms with Crippen molar-refractivity contribution >= 4 is 53.9 Å². The zero-order valence-electron chi connectivity index (χ0n) is 29.3. The Morgan fingerprint density at radius 3 is 1.44 bits per heavy atom. The first-order chi connectivity index (χ1) is 26.9. The van der Waals surface area contributed by atoms with E-state index in [0.717, 1.165) is 44.2 Å². The second-order valence-electron chi connectivity index (χ2n) is 14.0. The topological polar surface area (TPSA) is 101 Å². The fourth-order valence-corrected chi connectivity index (χ4v) is 8.41. The SMILES string of the molecule is Oc1c(O)c(O)c(-c2c3ccccc3c(-c3ccc(-c4cc5c6ccccc6ccc5c5ccccc45)cc3)c3ccc(-c4ccccc4)cc23)c(O)c1O. The number of phenolic OH excluding ortho intramolecular Hbond substituents is 5. The van der Waals surface area contributed by atoms with Crippen LogP contribution in [-0.4, -0.2) is 25.5 Å². The highest BCUT2D eigenvalue weighted by atomic mass is 16.4. The molecular weight excluding hydrogens is 681 g/mol.